The minimum absolute atomic E-state index is 0. The van der Waals surface area contributed by atoms with Crippen molar-refractivity contribution in [2.75, 3.05) is 19.8 Å². The minimum atomic E-state index is -1.81. The van der Waals surface area contributed by atoms with Crippen molar-refractivity contribution in [3.63, 3.8) is 0 Å². The minimum Gasteiger partial charge on any atom is -0.432 e. The number of hydrogen-bond acceptors (Lipinski definition) is 4. The van der Waals surface area contributed by atoms with Crippen molar-refractivity contribution in [3.8, 4) is 0 Å². The fourth-order valence-electron chi connectivity index (χ4n) is 2.37. The molecule has 0 aliphatic heterocycles. The van der Waals surface area contributed by atoms with Crippen LogP contribution in [0, 0.1) is 0 Å². The molecule has 0 amide bonds. The topological polar surface area (TPSA) is 80.9 Å². The average Bonchev–Trinajstić information content (AvgIpc) is 2.73. The van der Waals surface area contributed by atoms with Crippen molar-refractivity contribution in [3.05, 3.63) is 0 Å². The van der Waals surface area contributed by atoms with Gasteiger partial charge in [0.05, 0.1) is 0 Å². The second-order valence-corrected chi connectivity index (χ2v) is 11.7. The third kappa shape index (κ3) is 46.9. The van der Waals surface area contributed by atoms with Crippen LogP contribution < -0.4 is 0 Å². The van der Waals surface area contributed by atoms with Gasteiger partial charge in [-0.3, -0.25) is 0 Å². The van der Waals surface area contributed by atoms with Gasteiger partial charge in [-0.25, -0.2) is 0 Å². The van der Waals surface area contributed by atoms with E-state index in [1.54, 1.807) is 0 Å². The van der Waals surface area contributed by atoms with Crippen LogP contribution in [0.25, 0.3) is 0 Å². The van der Waals surface area contributed by atoms with E-state index < -0.39 is 8.32 Å². The fourth-order valence-corrected chi connectivity index (χ4v) is 6.15. The maximum Gasteiger partial charge on any atom is 0.188 e. The third-order valence-electron chi connectivity index (χ3n) is 4.52. The smallest absolute Gasteiger partial charge is 0.188 e. The predicted molar refractivity (Wildman–Crippen MR) is 133 cm³/mol. The van der Waals surface area contributed by atoms with E-state index in [-0.39, 0.29) is 26.2 Å². The van der Waals surface area contributed by atoms with E-state index in [4.69, 9.17) is 15.3 Å². The van der Waals surface area contributed by atoms with E-state index in [1.165, 1.54) is 38.5 Å². The number of hydrogen-bond donors (Lipinski definition) is 4. The Kier molecular flexibility index (Phi) is 55.4. The quantitative estimate of drug-likeness (QED) is 0.179. The summed E-state index contributed by atoms with van der Waals surface area (Å²) in [6.07, 6.45) is 13.5. The molecule has 6 heteroatoms. The summed E-state index contributed by atoms with van der Waals surface area (Å²) in [6.45, 7) is 13.8. The molecule has 0 spiro atoms. The van der Waals surface area contributed by atoms with Crippen LogP contribution in [0.2, 0.25) is 18.1 Å². The van der Waals surface area contributed by atoms with Gasteiger partial charge in [0.2, 0.25) is 0 Å². The van der Waals surface area contributed by atoms with Crippen molar-refractivity contribution in [1.82, 2.24) is 0 Å². The van der Waals surface area contributed by atoms with Gasteiger partial charge >= 0.3 is 0 Å². The molecular formula is C24H58O4SiZr. The van der Waals surface area contributed by atoms with Crippen LogP contribution in [0.1, 0.15) is 119 Å². The summed E-state index contributed by atoms with van der Waals surface area (Å²) in [7, 11) is -1.81. The normalized spacial score (nSPS) is 9.80. The molecule has 0 aliphatic rings. The molecule has 186 valence electrons. The Bertz CT molecular complexity index is 205. The predicted octanol–water partition coefficient (Wildman–Crippen LogP) is 6.66. The summed E-state index contributed by atoms with van der Waals surface area (Å²) in [5.41, 5.74) is 0. The van der Waals surface area contributed by atoms with Crippen LogP contribution in [0.15, 0.2) is 0 Å². The fraction of sp³-hybridized carbons (Fsp3) is 1.00. The van der Waals surface area contributed by atoms with Crippen LogP contribution in [-0.2, 0) is 26.2 Å². The first-order valence-corrected chi connectivity index (χ1v) is 15.0. The molecule has 0 rings (SSSR count). The summed E-state index contributed by atoms with van der Waals surface area (Å²) < 4.78 is 0. The van der Waals surface area contributed by atoms with Gasteiger partial charge in [-0.2, -0.15) is 0 Å². The van der Waals surface area contributed by atoms with Crippen molar-refractivity contribution < 1.29 is 46.3 Å². The van der Waals surface area contributed by atoms with E-state index in [2.05, 4.69) is 41.5 Å². The van der Waals surface area contributed by atoms with Crippen LogP contribution in [-0.4, -0.2) is 48.3 Å². The van der Waals surface area contributed by atoms with Gasteiger partial charge in [0.15, 0.2) is 8.32 Å². The van der Waals surface area contributed by atoms with Gasteiger partial charge in [0.25, 0.3) is 0 Å². The molecule has 0 aromatic heterocycles. The SMILES string of the molecule is CCCCO.CCCCO.CCCCO.CCCC[Si](O)(CCCC)CCCC.[Zr]. The first kappa shape index (κ1) is 41.2. The van der Waals surface area contributed by atoms with Crippen LogP contribution >= 0.6 is 0 Å². The molecule has 0 bridgehead atoms. The molecule has 30 heavy (non-hydrogen) atoms. The molecule has 0 radical (unpaired) electrons. The van der Waals surface area contributed by atoms with Crippen LogP contribution in [0.3, 0.4) is 0 Å². The molecule has 0 aliphatic carbocycles. The Morgan fingerprint density at radius 1 is 0.433 bits per heavy atom. The molecule has 4 N–H and O–H groups in total. The zero-order valence-electron chi connectivity index (χ0n) is 21.5. The van der Waals surface area contributed by atoms with Gasteiger partial charge in [-0.05, 0) is 37.4 Å². The molecule has 0 fully saturated rings. The Morgan fingerprint density at radius 3 is 0.733 bits per heavy atom. The van der Waals surface area contributed by atoms with E-state index in [0.717, 1.165) is 56.7 Å². The number of unbranched alkanes of at least 4 members (excludes halogenated alkanes) is 6. The Balaban J connectivity index is -0.000000108. The Morgan fingerprint density at radius 2 is 0.633 bits per heavy atom. The van der Waals surface area contributed by atoms with Gasteiger partial charge < -0.3 is 20.1 Å². The van der Waals surface area contributed by atoms with Crippen LogP contribution in [0.5, 0.6) is 0 Å². The van der Waals surface area contributed by atoms with Gasteiger partial charge in [0, 0.05) is 46.0 Å². The van der Waals surface area contributed by atoms with Crippen molar-refractivity contribution in [1.29, 1.82) is 0 Å². The van der Waals surface area contributed by atoms with Crippen molar-refractivity contribution >= 4 is 8.32 Å². The summed E-state index contributed by atoms with van der Waals surface area (Å²) in [6, 6.07) is 3.43. The molecule has 0 aromatic rings. The molecule has 0 unspecified atom stereocenters. The Hall–Kier alpha value is 0.940. The van der Waals surface area contributed by atoms with E-state index in [1.807, 2.05) is 0 Å². The monoisotopic (exact) mass is 528 g/mol. The number of aliphatic hydroxyl groups excluding tert-OH is 3. The largest absolute Gasteiger partial charge is 0.432 e. The summed E-state index contributed by atoms with van der Waals surface area (Å²) in [5.74, 6) is 0. The van der Waals surface area contributed by atoms with Crippen LogP contribution in [0.4, 0.5) is 0 Å². The van der Waals surface area contributed by atoms with Crippen molar-refractivity contribution in [2.24, 2.45) is 0 Å². The second kappa shape index (κ2) is 40.3. The Labute approximate surface area is 210 Å². The third-order valence-corrected chi connectivity index (χ3v) is 8.37. The summed E-state index contributed by atoms with van der Waals surface area (Å²) in [5, 5.41) is 24.2. The van der Waals surface area contributed by atoms with E-state index in [9.17, 15) is 4.80 Å². The van der Waals surface area contributed by atoms with E-state index in [0.29, 0.717) is 19.8 Å². The molecule has 0 atom stereocenters. The van der Waals surface area contributed by atoms with E-state index >= 15 is 0 Å². The van der Waals surface area contributed by atoms with Crippen molar-refractivity contribution in [2.45, 2.75) is 137 Å². The summed E-state index contributed by atoms with van der Waals surface area (Å²) in [4.78, 5) is 10.5. The number of rotatable bonds is 15. The summed E-state index contributed by atoms with van der Waals surface area (Å²) >= 11 is 0. The molecule has 0 saturated heterocycles. The first-order chi connectivity index (χ1) is 13.9. The first-order valence-electron chi connectivity index (χ1n) is 12.5. The number of aliphatic hydroxyl groups is 3. The van der Waals surface area contributed by atoms with Gasteiger partial charge in [-0.15, -0.1) is 0 Å². The molecule has 0 heterocycles. The van der Waals surface area contributed by atoms with Gasteiger partial charge in [0.1, 0.15) is 0 Å². The maximum atomic E-state index is 10.5. The maximum absolute atomic E-state index is 10.5. The molecule has 4 nitrogen and oxygen atoms in total. The standard InChI is InChI=1S/C12H28OSi.3C4H10O.Zr/c1-4-7-10-14(13,11-8-5-2)12-9-6-3;3*1-2-3-4-5;/h13H,4-12H2,1-3H3;3*5H,2-4H2,1H3;. The zero-order chi connectivity index (χ0) is 23.2. The van der Waals surface area contributed by atoms with Gasteiger partial charge in [-0.1, -0.05) is 99.3 Å². The molecule has 0 saturated carbocycles. The second-order valence-electron chi connectivity index (χ2n) is 7.77. The molecular weight excluding hydrogens is 472 g/mol. The average molecular weight is 530 g/mol. The molecule has 0 aromatic carbocycles. The zero-order valence-corrected chi connectivity index (χ0v) is 25.0.